The van der Waals surface area contributed by atoms with E-state index in [4.69, 9.17) is 27.9 Å². The van der Waals surface area contributed by atoms with Crippen LogP contribution in [-0.4, -0.2) is 26.6 Å². The first kappa shape index (κ1) is 20.2. The second-order valence-corrected chi connectivity index (χ2v) is 6.38. The first-order valence-electron chi connectivity index (χ1n) is 7.34. The molecule has 0 atom stereocenters. The molecule has 26 heavy (non-hydrogen) atoms. The predicted molar refractivity (Wildman–Crippen MR) is 96.4 cm³/mol. The first-order chi connectivity index (χ1) is 12.1. The van der Waals surface area contributed by atoms with Gasteiger partial charge in [0.2, 0.25) is 0 Å². The summed E-state index contributed by atoms with van der Waals surface area (Å²) in [4.78, 5) is 13.5. The molecule has 0 spiro atoms. The van der Waals surface area contributed by atoms with Crippen molar-refractivity contribution in [1.29, 1.82) is 0 Å². The predicted octanol–water partition coefficient (Wildman–Crippen LogP) is 5.10. The summed E-state index contributed by atoms with van der Waals surface area (Å²) in [6, 6.07) is 8.06. The number of carbonyl (C=O) groups is 1. The largest absolute Gasteiger partial charge is 0.482 e. The molecule has 0 fully saturated rings. The Morgan fingerprint density at radius 1 is 1.15 bits per heavy atom. The molecule has 0 aromatic heterocycles. The van der Waals surface area contributed by atoms with Gasteiger partial charge < -0.3 is 15.0 Å². The van der Waals surface area contributed by atoms with E-state index in [1.54, 1.807) is 20.2 Å². The maximum atomic E-state index is 13.3. The monoisotopic (exact) mass is 406 g/mol. The summed E-state index contributed by atoms with van der Waals surface area (Å²) in [5, 5.41) is 2.79. The Hall–Kier alpha value is -2.12. The van der Waals surface area contributed by atoms with Gasteiger partial charge in [-0.25, -0.2) is 0 Å². The van der Waals surface area contributed by atoms with Crippen molar-refractivity contribution < 1.29 is 22.7 Å². The van der Waals surface area contributed by atoms with E-state index in [1.807, 2.05) is 0 Å². The van der Waals surface area contributed by atoms with Gasteiger partial charge in [0.25, 0.3) is 5.91 Å². The molecule has 0 bridgehead atoms. The highest BCUT2D eigenvalue weighted by Crippen LogP contribution is 2.37. The van der Waals surface area contributed by atoms with Crippen molar-refractivity contribution in [1.82, 2.24) is 0 Å². The number of benzene rings is 2. The lowest BCUT2D eigenvalue weighted by Crippen LogP contribution is -2.23. The number of amides is 1. The number of halogens is 5. The summed E-state index contributed by atoms with van der Waals surface area (Å²) in [5.74, 6) is -0.600. The molecule has 9 heteroatoms. The minimum atomic E-state index is -4.62. The van der Waals surface area contributed by atoms with Crippen molar-refractivity contribution in [3.63, 3.8) is 0 Å². The van der Waals surface area contributed by atoms with Crippen LogP contribution in [0.2, 0.25) is 10.0 Å². The topological polar surface area (TPSA) is 41.6 Å². The van der Waals surface area contributed by atoms with Crippen LogP contribution in [0.4, 0.5) is 24.5 Å². The van der Waals surface area contributed by atoms with Crippen LogP contribution in [0.3, 0.4) is 0 Å². The molecule has 2 aromatic carbocycles. The van der Waals surface area contributed by atoms with Crippen LogP contribution in [0.25, 0.3) is 0 Å². The number of anilines is 2. The Morgan fingerprint density at radius 2 is 1.85 bits per heavy atom. The molecule has 0 unspecified atom stereocenters. The molecule has 0 saturated carbocycles. The quantitative estimate of drug-likeness (QED) is 0.751. The van der Waals surface area contributed by atoms with Crippen LogP contribution in [0.1, 0.15) is 5.56 Å². The number of rotatable bonds is 5. The van der Waals surface area contributed by atoms with Gasteiger partial charge in [-0.1, -0.05) is 23.2 Å². The van der Waals surface area contributed by atoms with Crippen LogP contribution in [0.15, 0.2) is 36.4 Å². The highest BCUT2D eigenvalue weighted by atomic mass is 35.5. The smallest absolute Gasteiger partial charge is 0.418 e. The van der Waals surface area contributed by atoms with Crippen LogP contribution < -0.4 is 15.0 Å². The standard InChI is InChI=1S/C17H15Cl2F3N2O2/c1-24(2)11-4-6-14(12(8-11)17(20,21)22)23-16(25)9-26-15-7-10(18)3-5-13(15)19/h3-8H,9H2,1-2H3,(H,23,25). The van der Waals surface area contributed by atoms with E-state index in [1.165, 1.54) is 29.2 Å². The molecule has 0 saturated heterocycles. The lowest BCUT2D eigenvalue weighted by Gasteiger charge is -2.19. The van der Waals surface area contributed by atoms with E-state index in [0.29, 0.717) is 10.7 Å². The molecule has 2 rings (SSSR count). The van der Waals surface area contributed by atoms with E-state index < -0.39 is 24.3 Å². The van der Waals surface area contributed by atoms with Gasteiger partial charge in [-0.3, -0.25) is 4.79 Å². The fraction of sp³-hybridized carbons (Fsp3) is 0.235. The van der Waals surface area contributed by atoms with Crippen molar-refractivity contribution in [3.05, 3.63) is 52.0 Å². The summed E-state index contributed by atoms with van der Waals surface area (Å²) in [6.45, 7) is -0.521. The summed E-state index contributed by atoms with van der Waals surface area (Å²) < 4.78 is 45.0. The molecule has 140 valence electrons. The third-order valence-corrected chi connectivity index (χ3v) is 3.90. The van der Waals surface area contributed by atoms with Crippen molar-refractivity contribution in [3.8, 4) is 5.75 Å². The van der Waals surface area contributed by atoms with Gasteiger partial charge in [0.05, 0.1) is 16.3 Å². The average molecular weight is 407 g/mol. The summed E-state index contributed by atoms with van der Waals surface area (Å²) in [6.07, 6.45) is -4.62. The molecular formula is C17H15Cl2F3N2O2. The zero-order valence-electron chi connectivity index (χ0n) is 13.8. The molecule has 0 aliphatic heterocycles. The zero-order chi connectivity index (χ0) is 19.5. The normalized spacial score (nSPS) is 11.2. The second kappa shape index (κ2) is 8.05. The Bertz CT molecular complexity index is 811. The highest BCUT2D eigenvalue weighted by molar-refractivity contribution is 6.34. The molecule has 0 aliphatic carbocycles. The molecule has 4 nitrogen and oxygen atoms in total. The van der Waals surface area contributed by atoms with E-state index in [9.17, 15) is 18.0 Å². The number of hydrogen-bond donors (Lipinski definition) is 1. The molecule has 0 heterocycles. The number of carbonyl (C=O) groups excluding carboxylic acids is 1. The van der Waals surface area contributed by atoms with Gasteiger partial charge in [0, 0.05) is 30.9 Å². The van der Waals surface area contributed by atoms with E-state index >= 15 is 0 Å². The molecular weight excluding hydrogens is 392 g/mol. The lowest BCUT2D eigenvalue weighted by atomic mass is 10.1. The Labute approximate surface area is 158 Å². The minimum absolute atomic E-state index is 0.160. The van der Waals surface area contributed by atoms with E-state index in [0.717, 1.165) is 6.07 Å². The molecule has 0 aliphatic rings. The molecule has 2 aromatic rings. The first-order valence-corrected chi connectivity index (χ1v) is 8.10. The SMILES string of the molecule is CN(C)c1ccc(NC(=O)COc2cc(Cl)ccc2Cl)c(C(F)(F)F)c1. The summed E-state index contributed by atoms with van der Waals surface area (Å²) >= 11 is 11.7. The number of nitrogens with zero attached hydrogens (tertiary/aromatic N) is 1. The highest BCUT2D eigenvalue weighted by Gasteiger charge is 2.34. The van der Waals surface area contributed by atoms with Crippen LogP contribution in [-0.2, 0) is 11.0 Å². The van der Waals surface area contributed by atoms with Crippen molar-refractivity contribution in [2.75, 3.05) is 30.9 Å². The maximum Gasteiger partial charge on any atom is 0.418 e. The number of hydrogen-bond acceptors (Lipinski definition) is 3. The minimum Gasteiger partial charge on any atom is -0.482 e. The summed E-state index contributed by atoms with van der Waals surface area (Å²) in [5.41, 5.74) is -0.941. The van der Waals surface area contributed by atoms with E-state index in [-0.39, 0.29) is 16.5 Å². The maximum absolute atomic E-state index is 13.3. The molecule has 0 radical (unpaired) electrons. The number of alkyl halides is 3. The average Bonchev–Trinajstić information content (AvgIpc) is 2.54. The van der Waals surface area contributed by atoms with Crippen LogP contribution >= 0.6 is 23.2 Å². The van der Waals surface area contributed by atoms with E-state index in [2.05, 4.69) is 5.32 Å². The van der Waals surface area contributed by atoms with Crippen LogP contribution in [0.5, 0.6) is 5.75 Å². The number of ether oxygens (including phenoxy) is 1. The van der Waals surface area contributed by atoms with Crippen molar-refractivity contribution >= 4 is 40.5 Å². The van der Waals surface area contributed by atoms with Gasteiger partial charge in [0.15, 0.2) is 6.61 Å². The fourth-order valence-corrected chi connectivity index (χ4v) is 2.41. The van der Waals surface area contributed by atoms with Crippen LogP contribution in [0, 0.1) is 0 Å². The second-order valence-electron chi connectivity index (χ2n) is 5.53. The third-order valence-electron chi connectivity index (χ3n) is 3.35. The molecule has 1 amide bonds. The third kappa shape index (κ3) is 5.19. The Kier molecular flexibility index (Phi) is 6.26. The summed E-state index contributed by atoms with van der Waals surface area (Å²) in [7, 11) is 3.24. The Morgan fingerprint density at radius 3 is 2.46 bits per heavy atom. The molecule has 1 N–H and O–H groups in total. The zero-order valence-corrected chi connectivity index (χ0v) is 15.3. The van der Waals surface area contributed by atoms with Gasteiger partial charge in [0.1, 0.15) is 5.75 Å². The van der Waals surface area contributed by atoms with Crippen molar-refractivity contribution in [2.45, 2.75) is 6.18 Å². The Balaban J connectivity index is 2.14. The lowest BCUT2D eigenvalue weighted by molar-refractivity contribution is -0.137. The number of nitrogens with one attached hydrogen (secondary N) is 1. The van der Waals surface area contributed by atoms with Gasteiger partial charge in [-0.05, 0) is 30.3 Å². The van der Waals surface area contributed by atoms with Gasteiger partial charge in [-0.15, -0.1) is 0 Å². The fourth-order valence-electron chi connectivity index (χ4n) is 2.07. The van der Waals surface area contributed by atoms with Gasteiger partial charge >= 0.3 is 6.18 Å². The van der Waals surface area contributed by atoms with Gasteiger partial charge in [-0.2, -0.15) is 13.2 Å². The van der Waals surface area contributed by atoms with Crippen molar-refractivity contribution in [2.24, 2.45) is 0 Å².